The number of aryl methyl sites for hydroxylation is 1. The first-order valence-corrected chi connectivity index (χ1v) is 12.6. The summed E-state index contributed by atoms with van der Waals surface area (Å²) in [7, 11) is 3.55. The van der Waals surface area contributed by atoms with Gasteiger partial charge >= 0.3 is 0 Å². The Morgan fingerprint density at radius 1 is 1.09 bits per heavy atom. The van der Waals surface area contributed by atoms with Crippen molar-refractivity contribution < 1.29 is 9.53 Å². The first-order valence-electron chi connectivity index (χ1n) is 11.6. The van der Waals surface area contributed by atoms with E-state index in [-0.39, 0.29) is 17.7 Å². The number of hydrogen-bond acceptors (Lipinski definition) is 6. The van der Waals surface area contributed by atoms with Crippen LogP contribution in [0.5, 0.6) is 5.75 Å². The summed E-state index contributed by atoms with van der Waals surface area (Å²) in [5.41, 5.74) is 4.41. The molecule has 8 heteroatoms. The highest BCUT2D eigenvalue weighted by Crippen LogP contribution is 2.34. The summed E-state index contributed by atoms with van der Waals surface area (Å²) in [6.07, 6.45) is 6.61. The molecule has 0 aliphatic heterocycles. The molecule has 178 valence electrons. The molecule has 2 heterocycles. The van der Waals surface area contributed by atoms with Crippen LogP contribution in [0.3, 0.4) is 0 Å². The lowest BCUT2D eigenvalue weighted by Gasteiger charge is -2.33. The zero-order valence-corrected chi connectivity index (χ0v) is 20.6. The number of nitrogens with zero attached hydrogens (tertiary/aromatic N) is 5. The van der Waals surface area contributed by atoms with Gasteiger partial charge in [0.05, 0.1) is 18.9 Å². The van der Waals surface area contributed by atoms with Crippen LogP contribution < -0.4 is 4.74 Å². The SMILES string of the molecule is COc1ccc(-n2c(SCC(=O)N(C)[C@H]3CCCc4ccccc43)nnc2-c2ccncc2)cc1. The highest BCUT2D eigenvalue weighted by Gasteiger charge is 2.27. The van der Waals surface area contributed by atoms with Crippen LogP contribution in [-0.2, 0) is 11.2 Å². The van der Waals surface area contributed by atoms with Crippen molar-refractivity contribution in [3.05, 3.63) is 84.2 Å². The average Bonchev–Trinajstić information content (AvgIpc) is 3.35. The Morgan fingerprint density at radius 3 is 2.63 bits per heavy atom. The summed E-state index contributed by atoms with van der Waals surface area (Å²) in [6, 6.07) is 20.1. The van der Waals surface area contributed by atoms with Gasteiger partial charge in [0, 0.05) is 30.7 Å². The molecule has 0 spiro atoms. The minimum atomic E-state index is 0.0754. The molecule has 0 fully saturated rings. The Hall–Kier alpha value is -3.65. The monoisotopic (exact) mass is 485 g/mol. The molecule has 1 aliphatic carbocycles. The van der Waals surface area contributed by atoms with Crippen molar-refractivity contribution in [1.29, 1.82) is 0 Å². The van der Waals surface area contributed by atoms with Gasteiger partial charge in [0.25, 0.3) is 0 Å². The molecular formula is C27H27N5O2S. The van der Waals surface area contributed by atoms with E-state index in [1.807, 2.05) is 52.9 Å². The van der Waals surface area contributed by atoms with E-state index in [0.29, 0.717) is 11.0 Å². The fraction of sp³-hybridized carbons (Fsp3) is 0.259. The van der Waals surface area contributed by atoms with Crippen LogP contribution in [-0.4, -0.2) is 50.5 Å². The van der Waals surface area contributed by atoms with Crippen molar-refractivity contribution in [3.63, 3.8) is 0 Å². The number of rotatable bonds is 7. The molecule has 1 aliphatic rings. The van der Waals surface area contributed by atoms with Crippen LogP contribution >= 0.6 is 11.8 Å². The number of carbonyl (C=O) groups excluding carboxylic acids is 1. The Bertz CT molecular complexity index is 1310. The molecule has 0 radical (unpaired) electrons. The van der Waals surface area contributed by atoms with Gasteiger partial charge < -0.3 is 9.64 Å². The summed E-state index contributed by atoms with van der Waals surface area (Å²) in [5.74, 6) is 1.82. The second kappa shape index (κ2) is 10.3. The van der Waals surface area contributed by atoms with E-state index in [0.717, 1.165) is 36.3 Å². The maximum Gasteiger partial charge on any atom is 0.233 e. The third kappa shape index (κ3) is 4.79. The summed E-state index contributed by atoms with van der Waals surface area (Å²) in [6.45, 7) is 0. The van der Waals surface area contributed by atoms with E-state index in [4.69, 9.17) is 4.74 Å². The summed E-state index contributed by atoms with van der Waals surface area (Å²) < 4.78 is 7.29. The average molecular weight is 486 g/mol. The normalized spacial score (nSPS) is 14.9. The van der Waals surface area contributed by atoms with Crippen molar-refractivity contribution in [1.82, 2.24) is 24.6 Å². The second-order valence-corrected chi connectivity index (χ2v) is 9.42. The number of fused-ring (bicyclic) bond motifs is 1. The van der Waals surface area contributed by atoms with Gasteiger partial charge in [-0.1, -0.05) is 36.0 Å². The Morgan fingerprint density at radius 2 is 1.86 bits per heavy atom. The Labute approximate surface area is 209 Å². The molecule has 2 aromatic heterocycles. The predicted molar refractivity (Wildman–Crippen MR) is 137 cm³/mol. The smallest absolute Gasteiger partial charge is 0.233 e. The molecule has 2 aromatic carbocycles. The number of amides is 1. The second-order valence-electron chi connectivity index (χ2n) is 8.48. The minimum absolute atomic E-state index is 0.0754. The molecule has 0 unspecified atom stereocenters. The van der Waals surface area contributed by atoms with Gasteiger partial charge in [-0.2, -0.15) is 0 Å². The van der Waals surface area contributed by atoms with Crippen LogP contribution in [0, 0.1) is 0 Å². The van der Waals surface area contributed by atoms with Crippen LogP contribution in [0.25, 0.3) is 17.1 Å². The van der Waals surface area contributed by atoms with Crippen LogP contribution in [0.1, 0.15) is 30.0 Å². The number of benzene rings is 2. The van der Waals surface area contributed by atoms with Crippen molar-refractivity contribution >= 4 is 17.7 Å². The van der Waals surface area contributed by atoms with E-state index in [1.54, 1.807) is 19.5 Å². The number of pyridine rings is 1. The molecule has 0 N–H and O–H groups in total. The van der Waals surface area contributed by atoms with Crippen molar-refractivity contribution in [2.75, 3.05) is 19.9 Å². The molecule has 0 bridgehead atoms. The zero-order valence-electron chi connectivity index (χ0n) is 19.8. The van der Waals surface area contributed by atoms with Crippen LogP contribution in [0.15, 0.2) is 78.2 Å². The van der Waals surface area contributed by atoms with Crippen molar-refractivity contribution in [3.8, 4) is 22.8 Å². The van der Waals surface area contributed by atoms with Crippen molar-refractivity contribution in [2.45, 2.75) is 30.5 Å². The maximum atomic E-state index is 13.3. The lowest BCUT2D eigenvalue weighted by molar-refractivity contribution is -0.129. The first kappa shape index (κ1) is 23.1. The van der Waals surface area contributed by atoms with E-state index >= 15 is 0 Å². The van der Waals surface area contributed by atoms with E-state index in [1.165, 1.54) is 22.9 Å². The molecule has 0 saturated heterocycles. The highest BCUT2D eigenvalue weighted by atomic mass is 32.2. The molecule has 7 nitrogen and oxygen atoms in total. The zero-order chi connectivity index (χ0) is 24.2. The maximum absolute atomic E-state index is 13.3. The molecular weight excluding hydrogens is 458 g/mol. The quantitative estimate of drug-likeness (QED) is 0.344. The summed E-state index contributed by atoms with van der Waals surface area (Å²) in [4.78, 5) is 19.3. The summed E-state index contributed by atoms with van der Waals surface area (Å²) in [5, 5.41) is 9.56. The largest absolute Gasteiger partial charge is 0.497 e. The highest BCUT2D eigenvalue weighted by molar-refractivity contribution is 7.99. The minimum Gasteiger partial charge on any atom is -0.497 e. The molecule has 1 amide bonds. The van der Waals surface area contributed by atoms with E-state index in [2.05, 4.69) is 39.4 Å². The Balaban J connectivity index is 1.39. The molecule has 0 saturated carbocycles. The number of thioether (sulfide) groups is 1. The number of methoxy groups -OCH3 is 1. The van der Waals surface area contributed by atoms with Crippen molar-refractivity contribution in [2.24, 2.45) is 0 Å². The fourth-order valence-electron chi connectivity index (χ4n) is 4.55. The van der Waals surface area contributed by atoms with Gasteiger partial charge in [0.2, 0.25) is 5.91 Å². The molecule has 1 atom stereocenters. The fourth-order valence-corrected chi connectivity index (χ4v) is 5.42. The van der Waals surface area contributed by atoms with E-state index in [9.17, 15) is 4.79 Å². The standard InChI is InChI=1S/C27H27N5O2S/c1-31(24-9-5-7-19-6-3-4-8-23(19)24)25(33)18-35-27-30-29-26(20-14-16-28-17-15-20)32(27)21-10-12-22(34-2)13-11-21/h3-4,6,8,10-17,24H,5,7,9,18H2,1-2H3/t24-/m0/s1. The lowest BCUT2D eigenvalue weighted by atomic mass is 9.87. The van der Waals surface area contributed by atoms with Gasteiger partial charge in [-0.15, -0.1) is 10.2 Å². The van der Waals surface area contributed by atoms with E-state index < -0.39 is 0 Å². The topological polar surface area (TPSA) is 73.1 Å². The third-order valence-electron chi connectivity index (χ3n) is 6.43. The first-order chi connectivity index (χ1) is 17.2. The number of hydrogen-bond donors (Lipinski definition) is 0. The van der Waals surface area contributed by atoms with Crippen LogP contribution in [0.4, 0.5) is 0 Å². The third-order valence-corrected chi connectivity index (χ3v) is 7.34. The molecule has 35 heavy (non-hydrogen) atoms. The van der Waals surface area contributed by atoms with Gasteiger partial charge in [-0.3, -0.25) is 14.3 Å². The van der Waals surface area contributed by atoms with Gasteiger partial charge in [0.1, 0.15) is 5.75 Å². The predicted octanol–water partition coefficient (Wildman–Crippen LogP) is 4.97. The lowest BCUT2D eigenvalue weighted by Crippen LogP contribution is -2.34. The van der Waals surface area contributed by atoms with Crippen LogP contribution in [0.2, 0.25) is 0 Å². The molecule has 5 rings (SSSR count). The number of ether oxygens (including phenoxy) is 1. The molecule has 4 aromatic rings. The Kier molecular flexibility index (Phi) is 6.81. The van der Waals surface area contributed by atoms with Gasteiger partial charge in [0.15, 0.2) is 11.0 Å². The number of carbonyl (C=O) groups is 1. The summed E-state index contributed by atoms with van der Waals surface area (Å²) >= 11 is 1.40. The van der Waals surface area contributed by atoms with Gasteiger partial charge in [-0.05, 0) is 66.8 Å². The van der Waals surface area contributed by atoms with Gasteiger partial charge in [-0.25, -0.2) is 0 Å². The number of aromatic nitrogens is 4.